The Morgan fingerprint density at radius 3 is 0.853 bits per heavy atom. The molecule has 0 unspecified atom stereocenters. The lowest BCUT2D eigenvalue weighted by molar-refractivity contribution is -0.666. The van der Waals surface area contributed by atoms with Crippen LogP contribution in [0, 0.1) is 166 Å². The van der Waals surface area contributed by atoms with Crippen LogP contribution in [0.5, 0.6) is 0 Å². The molecule has 0 aliphatic carbocycles. The Hall–Kier alpha value is -9.78. The van der Waals surface area contributed by atoms with Crippen LogP contribution >= 0.6 is 0 Å². The fourth-order valence-corrected chi connectivity index (χ4v) is 13.5. The summed E-state index contributed by atoms with van der Waals surface area (Å²) in [5.74, 6) is 0. The van der Waals surface area contributed by atoms with E-state index in [1.54, 1.807) is 22.8 Å². The van der Waals surface area contributed by atoms with Gasteiger partial charge in [0.15, 0.2) is 34.2 Å². The Morgan fingerprint density at radius 1 is 0.196 bits per heavy atom. The van der Waals surface area contributed by atoms with Crippen LogP contribution in [0.4, 0.5) is 0 Å². The summed E-state index contributed by atoms with van der Waals surface area (Å²) in [7, 11) is 12.4. The summed E-state index contributed by atoms with van der Waals surface area (Å²) in [6.45, 7) is 42.6. The van der Waals surface area contributed by atoms with Crippen molar-refractivity contribution in [3.63, 3.8) is 0 Å². The highest BCUT2D eigenvalue weighted by atomic mass is 15.0. The van der Waals surface area contributed by atoms with Gasteiger partial charge in [0.05, 0.1) is 5.56 Å². The predicted molar refractivity (Wildman–Crippen MR) is 432 cm³/mol. The van der Waals surface area contributed by atoms with E-state index in [9.17, 15) is 0 Å². The third-order valence-electron chi connectivity index (χ3n) is 20.0. The van der Waals surface area contributed by atoms with Gasteiger partial charge in [-0.25, -0.2) is 0 Å². The van der Waals surface area contributed by atoms with Crippen LogP contribution in [-0.4, -0.2) is 0 Å². The van der Waals surface area contributed by atoms with E-state index in [0.29, 0.717) is 11.3 Å². The zero-order valence-electron chi connectivity index (χ0n) is 73.0. The summed E-state index contributed by atoms with van der Waals surface area (Å²) in [6, 6.07) is 63.8. The summed E-state index contributed by atoms with van der Waals surface area (Å²) >= 11 is 0. The van der Waals surface area contributed by atoms with Gasteiger partial charge >= 0.3 is 0 Å². The van der Waals surface area contributed by atoms with Crippen molar-refractivity contribution in [2.75, 3.05) is 0 Å². The number of rotatable bonds is 6. The molecule has 6 aromatic carbocycles. The molecule has 0 atom stereocenters. The highest BCUT2D eigenvalue weighted by Crippen LogP contribution is 2.30. The van der Waals surface area contributed by atoms with Crippen molar-refractivity contribution in [3.8, 4) is 67.5 Å². The van der Waals surface area contributed by atoms with E-state index in [0.717, 1.165) is 33.6 Å². The van der Waals surface area contributed by atoms with Gasteiger partial charge < -0.3 is 0 Å². The number of benzene rings is 6. The summed E-state index contributed by atoms with van der Waals surface area (Å²) in [4.78, 5) is 0. The van der Waals surface area contributed by atoms with Gasteiger partial charge in [-0.15, -0.1) is 0 Å². The SMILES string of the molecule is Cc1cc(C)[n+](C)c(-c2c(C)cccc2C)c1.Cc1ccc(-c2cc(C)cc(C)[n+]2C)c(C)c1.Cc1ccc(C)c(-c2cc(C)cc(C)[n+]2C)c1.Cc1ccc(C)c(-c2cc(C)cc(C)[n+]2C)c1.[2H]C([2H])([2H])c1cc(C)cc(-c2cccc(C)c2C)[n+]1C.[2H]C([2H])([2H])c1ccc(-c2cc(C)cc(C)[n+]2C)c(C)c1. The van der Waals surface area contributed by atoms with Crippen molar-refractivity contribution in [2.45, 2.75) is 166 Å². The first kappa shape index (κ1) is 70.6. The van der Waals surface area contributed by atoms with Gasteiger partial charge in [-0.1, -0.05) is 101 Å². The van der Waals surface area contributed by atoms with Gasteiger partial charge in [0, 0.05) is 150 Å². The average Bonchev–Trinajstić information content (AvgIpc) is 0.791. The van der Waals surface area contributed by atoms with Gasteiger partial charge in [-0.05, 0) is 233 Å². The first-order chi connectivity index (χ1) is 50.4. The normalized spacial score (nSPS) is 11.8. The zero-order chi connectivity index (χ0) is 80.5. The molecule has 0 N–H and O–H groups in total. The van der Waals surface area contributed by atoms with Crippen LogP contribution in [0.15, 0.2) is 182 Å². The predicted octanol–water partition coefficient (Wildman–Crippen LogP) is 20.5. The molecule has 0 fully saturated rings. The van der Waals surface area contributed by atoms with Gasteiger partial charge in [-0.3, -0.25) is 0 Å². The van der Waals surface area contributed by atoms with Crippen molar-refractivity contribution in [2.24, 2.45) is 42.3 Å². The molecule has 12 aromatic rings. The highest BCUT2D eigenvalue weighted by molar-refractivity contribution is 5.68. The first-order valence-electron chi connectivity index (χ1n) is 38.7. The fraction of sp³-hybridized carbons (Fsp3) is 0.312. The minimum absolute atomic E-state index is 0.369. The first-order valence-corrected chi connectivity index (χ1v) is 35.7. The van der Waals surface area contributed by atoms with Crippen LogP contribution < -0.4 is 27.4 Å². The lowest BCUT2D eigenvalue weighted by atomic mass is 9.98. The molecule has 6 heteroatoms. The Labute approximate surface area is 624 Å². The molecule has 0 spiro atoms. The number of pyridine rings is 6. The highest BCUT2D eigenvalue weighted by Gasteiger charge is 2.22. The maximum atomic E-state index is 7.68. The summed E-state index contributed by atoms with van der Waals surface area (Å²) < 4.78 is 58.4. The Kier molecular flexibility index (Phi) is 24.1. The van der Waals surface area contributed by atoms with E-state index in [4.69, 9.17) is 8.22 Å². The molecule has 0 saturated heterocycles. The van der Waals surface area contributed by atoms with Crippen molar-refractivity contribution in [3.05, 3.63) is 316 Å². The minimum Gasteiger partial charge on any atom is -0.199 e. The molecule has 6 nitrogen and oxygen atoms in total. The third kappa shape index (κ3) is 19.8. The molecule has 0 aliphatic rings. The molecule has 12 rings (SSSR count). The van der Waals surface area contributed by atoms with E-state index < -0.39 is 13.7 Å². The van der Waals surface area contributed by atoms with Gasteiger partial charge in [0.1, 0.15) is 42.3 Å². The zero-order valence-corrected chi connectivity index (χ0v) is 67.0. The quantitative estimate of drug-likeness (QED) is 0.148. The number of hydrogen-bond donors (Lipinski definition) is 0. The molecule has 102 heavy (non-hydrogen) atoms. The topological polar surface area (TPSA) is 23.3 Å². The molecule has 6 aromatic heterocycles. The van der Waals surface area contributed by atoms with Crippen molar-refractivity contribution >= 4 is 0 Å². The largest absolute Gasteiger partial charge is 0.213 e. The lowest BCUT2D eigenvalue weighted by Gasteiger charge is -2.10. The second kappa shape index (κ2) is 34.7. The van der Waals surface area contributed by atoms with Crippen LogP contribution in [0.3, 0.4) is 0 Å². The third-order valence-corrected chi connectivity index (χ3v) is 20.0. The second-order valence-corrected chi connectivity index (χ2v) is 29.0. The van der Waals surface area contributed by atoms with Crippen LogP contribution in [-0.2, 0) is 42.3 Å². The monoisotopic (exact) mass is 1360 g/mol. The molecular weight excluding hydrogens is 1240 g/mol. The Bertz CT molecular complexity index is 5160. The maximum Gasteiger partial charge on any atom is 0.213 e. The van der Waals surface area contributed by atoms with E-state index in [1.165, 1.54) is 157 Å². The van der Waals surface area contributed by atoms with E-state index in [2.05, 4.69) is 329 Å². The Morgan fingerprint density at radius 2 is 0.480 bits per heavy atom. The van der Waals surface area contributed by atoms with Gasteiger partial charge in [-0.2, -0.15) is 27.4 Å². The minimum atomic E-state index is -2.10. The molecule has 0 aliphatic heterocycles. The molecule has 528 valence electrons. The smallest absolute Gasteiger partial charge is 0.199 e. The van der Waals surface area contributed by atoms with E-state index in [-0.39, 0.29) is 0 Å². The summed E-state index contributed by atoms with van der Waals surface area (Å²) in [6.07, 6.45) is 0. The van der Waals surface area contributed by atoms with Crippen LogP contribution in [0.2, 0.25) is 0 Å². The number of nitrogens with zero attached hydrogens (tertiary/aromatic N) is 6. The molecular formula is C96H120N6+6. The number of aromatic nitrogens is 6. The fourth-order valence-electron chi connectivity index (χ4n) is 13.5. The Balaban J connectivity index is 0.000000181. The van der Waals surface area contributed by atoms with Crippen molar-refractivity contribution in [1.29, 1.82) is 0 Å². The summed E-state index contributed by atoms with van der Waals surface area (Å²) in [5.41, 5.74) is 43.3. The lowest BCUT2D eigenvalue weighted by Crippen LogP contribution is -2.35. The number of aryl methyl sites for hydroxylation is 23. The van der Waals surface area contributed by atoms with Crippen LogP contribution in [0.1, 0.15) is 143 Å². The molecule has 0 bridgehead atoms. The average molecular weight is 1360 g/mol. The van der Waals surface area contributed by atoms with E-state index in [1.807, 2.05) is 52.2 Å². The van der Waals surface area contributed by atoms with Crippen molar-refractivity contribution in [1.82, 2.24) is 0 Å². The van der Waals surface area contributed by atoms with Gasteiger partial charge in [0.2, 0.25) is 34.2 Å². The molecule has 6 heterocycles. The molecule has 0 saturated carbocycles. The van der Waals surface area contributed by atoms with Gasteiger partial charge in [0.25, 0.3) is 0 Å². The van der Waals surface area contributed by atoms with Crippen LogP contribution in [0.25, 0.3) is 67.5 Å². The molecule has 0 radical (unpaired) electrons. The van der Waals surface area contributed by atoms with Crippen molar-refractivity contribution < 1.29 is 35.6 Å². The second-order valence-electron chi connectivity index (χ2n) is 29.0. The maximum absolute atomic E-state index is 7.68. The summed E-state index contributed by atoms with van der Waals surface area (Å²) in [5, 5.41) is 0. The number of hydrogen-bond acceptors (Lipinski definition) is 0. The standard InChI is InChI=1S/6C16H20N/c2*1-11-6-7-13(3)15(9-11)16-10-12(2)8-14(4)17(16)5;2*1-11-6-7-15(13(3)8-11)16-10-12(2)9-14(4)17(16)5;1-11-9-13(3)17(5)16(10-11)15-8-6-7-12(2)14(15)4;1-11-9-14(4)17(5)15(10-11)16-12(2)7-6-8-13(16)3/h6*6-10H,1-5H3/q6*+1/i;;1D3;;3D3;. The molecule has 0 amide bonds. The van der Waals surface area contributed by atoms with E-state index >= 15 is 0 Å².